The average molecular weight is 297 g/mol. The van der Waals surface area contributed by atoms with E-state index in [1.807, 2.05) is 6.92 Å². The predicted octanol–water partition coefficient (Wildman–Crippen LogP) is 1.51. The maximum absolute atomic E-state index is 13.6. The summed E-state index contributed by atoms with van der Waals surface area (Å²) in [7, 11) is 0. The normalized spacial score (nSPS) is 11.7. The summed E-state index contributed by atoms with van der Waals surface area (Å²) < 4.78 is 13.6. The van der Waals surface area contributed by atoms with Gasteiger partial charge in [0, 0.05) is 12.1 Å². The molecule has 1 aromatic rings. The summed E-state index contributed by atoms with van der Waals surface area (Å²) in [5.74, 6) is -2.55. The second-order valence-corrected chi connectivity index (χ2v) is 4.49. The fourth-order valence-corrected chi connectivity index (χ4v) is 1.73. The number of amides is 2. The van der Waals surface area contributed by atoms with Crippen LogP contribution in [0, 0.1) is 15.9 Å². The summed E-state index contributed by atoms with van der Waals surface area (Å²) in [5, 5.41) is 12.9. The van der Waals surface area contributed by atoms with Gasteiger partial charge in [-0.1, -0.05) is 19.8 Å². The molecule has 114 valence electrons. The molecule has 0 bridgehead atoms. The smallest absolute Gasteiger partial charge is 0.270 e. The Labute approximate surface area is 120 Å². The second-order valence-electron chi connectivity index (χ2n) is 4.49. The lowest BCUT2D eigenvalue weighted by atomic mass is 10.1. The summed E-state index contributed by atoms with van der Waals surface area (Å²) in [5.41, 5.74) is 4.26. The maximum atomic E-state index is 13.6. The lowest BCUT2D eigenvalue weighted by Gasteiger charge is -2.15. The zero-order chi connectivity index (χ0) is 16.0. The van der Waals surface area contributed by atoms with Crippen molar-refractivity contribution in [1.29, 1.82) is 0 Å². The summed E-state index contributed by atoms with van der Waals surface area (Å²) in [4.78, 5) is 33.1. The highest BCUT2D eigenvalue weighted by atomic mass is 19.1. The Morgan fingerprint density at radius 1 is 1.48 bits per heavy atom. The van der Waals surface area contributed by atoms with Crippen molar-refractivity contribution in [2.45, 2.75) is 32.2 Å². The third-order valence-corrected chi connectivity index (χ3v) is 2.90. The van der Waals surface area contributed by atoms with Crippen LogP contribution >= 0.6 is 0 Å². The second kappa shape index (κ2) is 7.32. The Bertz CT molecular complexity index is 562. The molecule has 0 aliphatic carbocycles. The average Bonchev–Trinajstić information content (AvgIpc) is 2.42. The molecular formula is C13H16FN3O4. The monoisotopic (exact) mass is 297 g/mol. The number of carbonyl (C=O) groups is 2. The third kappa shape index (κ3) is 4.51. The first-order valence-electron chi connectivity index (χ1n) is 6.41. The lowest BCUT2D eigenvalue weighted by molar-refractivity contribution is -0.384. The van der Waals surface area contributed by atoms with E-state index in [0.717, 1.165) is 24.6 Å². The molecule has 0 heterocycles. The van der Waals surface area contributed by atoms with Gasteiger partial charge in [-0.2, -0.15) is 0 Å². The molecule has 21 heavy (non-hydrogen) atoms. The summed E-state index contributed by atoms with van der Waals surface area (Å²) >= 11 is 0. The molecule has 0 aliphatic heterocycles. The largest absolute Gasteiger partial charge is 0.368 e. The number of rotatable bonds is 7. The number of nitro benzene ring substituents is 1. The molecule has 0 spiro atoms. The number of nitrogens with one attached hydrogen (secondary N) is 1. The molecule has 0 radical (unpaired) electrons. The van der Waals surface area contributed by atoms with E-state index in [9.17, 15) is 24.1 Å². The molecular weight excluding hydrogens is 281 g/mol. The van der Waals surface area contributed by atoms with Crippen LogP contribution in [0.25, 0.3) is 0 Å². The number of unbranched alkanes of at least 4 members (excludes halogenated alkanes) is 1. The first-order valence-corrected chi connectivity index (χ1v) is 6.41. The van der Waals surface area contributed by atoms with Crippen molar-refractivity contribution in [3.63, 3.8) is 0 Å². The van der Waals surface area contributed by atoms with Gasteiger partial charge in [0.1, 0.15) is 11.9 Å². The van der Waals surface area contributed by atoms with E-state index in [0.29, 0.717) is 12.8 Å². The van der Waals surface area contributed by atoms with Gasteiger partial charge in [-0.3, -0.25) is 19.7 Å². The Balaban J connectivity index is 2.94. The number of benzene rings is 1. The molecule has 3 N–H and O–H groups in total. The Kier molecular flexibility index (Phi) is 5.77. The van der Waals surface area contributed by atoms with Crippen LogP contribution in [0.15, 0.2) is 18.2 Å². The van der Waals surface area contributed by atoms with Crippen molar-refractivity contribution in [2.24, 2.45) is 5.73 Å². The van der Waals surface area contributed by atoms with Gasteiger partial charge in [-0.25, -0.2) is 4.39 Å². The number of hydrogen-bond acceptors (Lipinski definition) is 4. The van der Waals surface area contributed by atoms with Crippen LogP contribution in [-0.4, -0.2) is 22.8 Å². The molecule has 1 aromatic carbocycles. The summed E-state index contributed by atoms with van der Waals surface area (Å²) in [6.45, 7) is 1.90. The number of nitrogens with two attached hydrogens (primary N) is 1. The minimum Gasteiger partial charge on any atom is -0.368 e. The molecule has 7 nitrogen and oxygen atoms in total. The number of nitro groups is 1. The third-order valence-electron chi connectivity index (χ3n) is 2.90. The van der Waals surface area contributed by atoms with Crippen molar-refractivity contribution in [2.75, 3.05) is 0 Å². The lowest BCUT2D eigenvalue weighted by Crippen LogP contribution is -2.44. The Morgan fingerprint density at radius 3 is 2.67 bits per heavy atom. The van der Waals surface area contributed by atoms with Crippen molar-refractivity contribution in [1.82, 2.24) is 5.32 Å². The molecule has 1 rings (SSSR count). The van der Waals surface area contributed by atoms with E-state index in [2.05, 4.69) is 5.32 Å². The molecule has 1 unspecified atom stereocenters. The molecule has 0 aromatic heterocycles. The van der Waals surface area contributed by atoms with Gasteiger partial charge in [-0.05, 0) is 12.5 Å². The van der Waals surface area contributed by atoms with Crippen molar-refractivity contribution < 1.29 is 18.9 Å². The predicted molar refractivity (Wildman–Crippen MR) is 73.0 cm³/mol. The minimum atomic E-state index is -0.934. The first kappa shape index (κ1) is 16.5. The van der Waals surface area contributed by atoms with Crippen molar-refractivity contribution >= 4 is 17.5 Å². The van der Waals surface area contributed by atoms with Gasteiger partial charge in [-0.15, -0.1) is 0 Å². The zero-order valence-corrected chi connectivity index (χ0v) is 11.5. The van der Waals surface area contributed by atoms with Crippen molar-refractivity contribution in [3.8, 4) is 0 Å². The number of non-ortho nitro benzene ring substituents is 1. The number of hydrogen-bond donors (Lipinski definition) is 2. The van der Waals surface area contributed by atoms with Gasteiger partial charge >= 0.3 is 0 Å². The number of halogens is 1. The van der Waals surface area contributed by atoms with Gasteiger partial charge < -0.3 is 11.1 Å². The summed E-state index contributed by atoms with van der Waals surface area (Å²) in [6.07, 6.45) is 1.78. The van der Waals surface area contributed by atoms with Crippen LogP contribution in [0.1, 0.15) is 36.5 Å². The highest BCUT2D eigenvalue weighted by Crippen LogP contribution is 2.17. The zero-order valence-electron chi connectivity index (χ0n) is 11.5. The van der Waals surface area contributed by atoms with E-state index in [4.69, 9.17) is 5.73 Å². The maximum Gasteiger partial charge on any atom is 0.270 e. The fraction of sp³-hybridized carbons (Fsp3) is 0.385. The van der Waals surface area contributed by atoms with E-state index in [1.54, 1.807) is 0 Å². The minimum absolute atomic E-state index is 0.327. The van der Waals surface area contributed by atoms with E-state index < -0.39 is 39.8 Å². The number of nitrogens with zero attached hydrogens (tertiary/aromatic N) is 1. The van der Waals surface area contributed by atoms with E-state index >= 15 is 0 Å². The van der Waals surface area contributed by atoms with Crippen LogP contribution in [0.4, 0.5) is 10.1 Å². The first-order chi connectivity index (χ1) is 9.86. The molecule has 0 saturated carbocycles. The topological polar surface area (TPSA) is 115 Å². The fourth-order valence-electron chi connectivity index (χ4n) is 1.73. The highest BCUT2D eigenvalue weighted by molar-refractivity contribution is 5.98. The number of primary amides is 1. The van der Waals surface area contributed by atoms with Crippen LogP contribution in [0.2, 0.25) is 0 Å². The molecule has 0 saturated heterocycles. The van der Waals surface area contributed by atoms with Crippen LogP contribution in [0.3, 0.4) is 0 Å². The van der Waals surface area contributed by atoms with Crippen LogP contribution in [0.5, 0.6) is 0 Å². The van der Waals surface area contributed by atoms with Crippen LogP contribution in [-0.2, 0) is 4.79 Å². The molecule has 8 heteroatoms. The molecule has 0 aliphatic rings. The molecule has 0 fully saturated rings. The highest BCUT2D eigenvalue weighted by Gasteiger charge is 2.22. The summed E-state index contributed by atoms with van der Waals surface area (Å²) in [6, 6.07) is 1.67. The Hall–Kier alpha value is -2.51. The van der Waals surface area contributed by atoms with Crippen LogP contribution < -0.4 is 11.1 Å². The SMILES string of the molecule is CCCCC(NC(=O)c1cc([N+](=O)[O-])ccc1F)C(N)=O. The van der Waals surface area contributed by atoms with E-state index in [1.165, 1.54) is 0 Å². The molecule has 1 atom stereocenters. The Morgan fingerprint density at radius 2 is 2.14 bits per heavy atom. The molecule has 2 amide bonds. The van der Waals surface area contributed by atoms with Crippen molar-refractivity contribution in [3.05, 3.63) is 39.7 Å². The quantitative estimate of drug-likeness (QED) is 0.586. The number of carbonyl (C=O) groups excluding carboxylic acids is 2. The van der Waals surface area contributed by atoms with Gasteiger partial charge in [0.05, 0.1) is 10.5 Å². The van der Waals surface area contributed by atoms with Gasteiger partial charge in [0.2, 0.25) is 5.91 Å². The standard InChI is InChI=1S/C13H16FN3O4/c1-2-3-4-11(12(15)18)16-13(19)9-7-8(17(20)21)5-6-10(9)14/h5-7,11H,2-4H2,1H3,(H2,15,18)(H,16,19). The van der Waals surface area contributed by atoms with Gasteiger partial charge in [0.25, 0.3) is 11.6 Å². The van der Waals surface area contributed by atoms with Gasteiger partial charge in [0.15, 0.2) is 0 Å². The van der Waals surface area contributed by atoms with E-state index in [-0.39, 0.29) is 0 Å².